The molecule has 2 aromatic rings. The monoisotopic (exact) mass is 392 g/mol. The van der Waals surface area contributed by atoms with E-state index in [1.807, 2.05) is 24.3 Å². The summed E-state index contributed by atoms with van der Waals surface area (Å²) < 4.78 is 13.9. The van der Waals surface area contributed by atoms with Crippen LogP contribution in [0.4, 0.5) is 15.8 Å². The molecule has 2 N–H and O–H groups in total. The van der Waals surface area contributed by atoms with Crippen LogP contribution in [0.2, 0.25) is 0 Å². The summed E-state index contributed by atoms with van der Waals surface area (Å²) in [6.45, 7) is 3.98. The molecular formula is C18H20BrFN3O+. The number of piperazine rings is 1. The fourth-order valence-corrected chi connectivity index (χ4v) is 3.31. The van der Waals surface area contributed by atoms with Crippen LogP contribution < -0.4 is 15.1 Å². The number of halogens is 2. The third-order valence-corrected chi connectivity index (χ3v) is 4.67. The van der Waals surface area contributed by atoms with Crippen molar-refractivity contribution in [2.75, 3.05) is 42.9 Å². The SMILES string of the molecule is O=C(C[NH+]1CCN(c2ccc(F)cc2)CC1)Nc1cccc(Br)c1. The molecule has 0 atom stereocenters. The second kappa shape index (κ2) is 7.77. The van der Waals surface area contributed by atoms with Gasteiger partial charge in [-0.2, -0.15) is 0 Å². The smallest absolute Gasteiger partial charge is 0.279 e. The molecule has 24 heavy (non-hydrogen) atoms. The highest BCUT2D eigenvalue weighted by Gasteiger charge is 2.22. The maximum absolute atomic E-state index is 13.0. The highest BCUT2D eigenvalue weighted by Crippen LogP contribution is 2.16. The highest BCUT2D eigenvalue weighted by atomic mass is 79.9. The van der Waals surface area contributed by atoms with Crippen LogP contribution in [-0.2, 0) is 4.79 Å². The Morgan fingerprint density at radius 1 is 1.17 bits per heavy atom. The second-order valence-electron chi connectivity index (χ2n) is 5.95. The predicted molar refractivity (Wildman–Crippen MR) is 96.9 cm³/mol. The van der Waals surface area contributed by atoms with E-state index in [-0.39, 0.29) is 11.7 Å². The Balaban J connectivity index is 1.48. The molecule has 0 unspecified atom stereocenters. The van der Waals surface area contributed by atoms with Crippen molar-refractivity contribution in [1.29, 1.82) is 0 Å². The summed E-state index contributed by atoms with van der Waals surface area (Å²) in [5.74, 6) is -0.189. The molecule has 1 saturated heterocycles. The number of hydrogen-bond donors (Lipinski definition) is 2. The highest BCUT2D eigenvalue weighted by molar-refractivity contribution is 9.10. The van der Waals surface area contributed by atoms with Gasteiger partial charge in [-0.1, -0.05) is 22.0 Å². The number of benzene rings is 2. The molecular weight excluding hydrogens is 373 g/mol. The van der Waals surface area contributed by atoms with Gasteiger partial charge in [0.05, 0.1) is 26.2 Å². The molecule has 6 heteroatoms. The fourth-order valence-electron chi connectivity index (χ4n) is 2.91. The molecule has 4 nitrogen and oxygen atoms in total. The summed E-state index contributed by atoms with van der Waals surface area (Å²) in [7, 11) is 0. The first kappa shape index (κ1) is 16.9. The maximum Gasteiger partial charge on any atom is 0.279 e. The summed E-state index contributed by atoms with van der Waals surface area (Å²) in [6, 6.07) is 14.2. The van der Waals surface area contributed by atoms with E-state index in [0.29, 0.717) is 6.54 Å². The molecule has 1 aliphatic heterocycles. The molecule has 0 radical (unpaired) electrons. The van der Waals surface area contributed by atoms with E-state index in [2.05, 4.69) is 26.1 Å². The first-order valence-corrected chi connectivity index (χ1v) is 8.79. The van der Waals surface area contributed by atoms with Gasteiger partial charge in [0.2, 0.25) is 0 Å². The Bertz CT molecular complexity index is 700. The predicted octanol–water partition coefficient (Wildman–Crippen LogP) is 1.93. The molecule has 1 fully saturated rings. The average Bonchev–Trinajstić information content (AvgIpc) is 2.56. The Hall–Kier alpha value is -1.92. The largest absolute Gasteiger partial charge is 0.360 e. The third kappa shape index (κ3) is 4.55. The maximum atomic E-state index is 13.0. The molecule has 1 heterocycles. The van der Waals surface area contributed by atoms with Crippen LogP contribution in [0.15, 0.2) is 53.0 Å². The number of carbonyl (C=O) groups is 1. The van der Waals surface area contributed by atoms with Crippen LogP contribution in [0.1, 0.15) is 0 Å². The number of nitrogens with one attached hydrogen (secondary N) is 2. The molecule has 0 spiro atoms. The topological polar surface area (TPSA) is 36.8 Å². The van der Waals surface area contributed by atoms with Crippen molar-refractivity contribution >= 4 is 33.2 Å². The van der Waals surface area contributed by atoms with E-state index in [1.165, 1.54) is 17.0 Å². The van der Waals surface area contributed by atoms with Crippen molar-refractivity contribution in [3.8, 4) is 0 Å². The minimum Gasteiger partial charge on any atom is -0.360 e. The summed E-state index contributed by atoms with van der Waals surface area (Å²) in [5, 5.41) is 2.93. The zero-order valence-electron chi connectivity index (χ0n) is 13.3. The molecule has 1 amide bonds. The summed E-state index contributed by atoms with van der Waals surface area (Å²) >= 11 is 3.40. The number of amides is 1. The first-order chi connectivity index (χ1) is 11.6. The zero-order chi connectivity index (χ0) is 16.9. The Morgan fingerprint density at radius 3 is 2.54 bits per heavy atom. The van der Waals surface area contributed by atoms with E-state index < -0.39 is 0 Å². The van der Waals surface area contributed by atoms with Gasteiger partial charge in [0.25, 0.3) is 5.91 Å². The van der Waals surface area contributed by atoms with Gasteiger partial charge in [0, 0.05) is 15.8 Å². The van der Waals surface area contributed by atoms with Crippen molar-refractivity contribution in [3.05, 3.63) is 58.8 Å². The number of nitrogens with zero attached hydrogens (tertiary/aromatic N) is 1. The van der Waals surface area contributed by atoms with Gasteiger partial charge < -0.3 is 15.1 Å². The Kier molecular flexibility index (Phi) is 5.48. The molecule has 3 rings (SSSR count). The normalized spacial score (nSPS) is 15.3. The lowest BCUT2D eigenvalue weighted by atomic mass is 10.2. The Morgan fingerprint density at radius 2 is 1.88 bits per heavy atom. The molecule has 2 aromatic carbocycles. The lowest BCUT2D eigenvalue weighted by Crippen LogP contribution is -3.15. The van der Waals surface area contributed by atoms with E-state index in [9.17, 15) is 9.18 Å². The van der Waals surface area contributed by atoms with Crippen molar-refractivity contribution in [2.45, 2.75) is 0 Å². The number of anilines is 2. The van der Waals surface area contributed by atoms with E-state index >= 15 is 0 Å². The van der Waals surface area contributed by atoms with Crippen molar-refractivity contribution in [1.82, 2.24) is 0 Å². The molecule has 0 aliphatic carbocycles. The second-order valence-corrected chi connectivity index (χ2v) is 6.86. The van der Waals surface area contributed by atoms with Crippen molar-refractivity contribution in [3.63, 3.8) is 0 Å². The zero-order valence-corrected chi connectivity index (χ0v) is 14.9. The number of quaternary nitrogens is 1. The Labute approximate surface area is 149 Å². The van der Waals surface area contributed by atoms with Crippen molar-refractivity contribution in [2.24, 2.45) is 0 Å². The number of hydrogen-bond acceptors (Lipinski definition) is 2. The van der Waals surface area contributed by atoms with Gasteiger partial charge in [0.15, 0.2) is 6.54 Å². The standard InChI is InChI=1S/C18H19BrFN3O/c19-14-2-1-3-16(12-14)21-18(24)13-22-8-10-23(11-9-22)17-6-4-15(20)5-7-17/h1-7,12H,8-11,13H2,(H,21,24)/p+1. The van der Waals surface area contributed by atoms with Gasteiger partial charge in [-0.15, -0.1) is 0 Å². The van der Waals surface area contributed by atoms with Gasteiger partial charge in [-0.3, -0.25) is 4.79 Å². The minimum absolute atomic E-state index is 0.0262. The van der Waals surface area contributed by atoms with Gasteiger partial charge in [-0.25, -0.2) is 4.39 Å². The van der Waals surface area contributed by atoms with Crippen LogP contribution in [0.5, 0.6) is 0 Å². The molecule has 0 aromatic heterocycles. The van der Waals surface area contributed by atoms with Crippen LogP contribution >= 0.6 is 15.9 Å². The van der Waals surface area contributed by atoms with Crippen LogP contribution in [-0.4, -0.2) is 38.6 Å². The van der Waals surface area contributed by atoms with Crippen LogP contribution in [0, 0.1) is 5.82 Å². The number of rotatable bonds is 4. The molecule has 0 bridgehead atoms. The minimum atomic E-state index is -0.216. The van der Waals surface area contributed by atoms with Gasteiger partial charge in [0.1, 0.15) is 5.82 Å². The quantitative estimate of drug-likeness (QED) is 0.833. The summed E-state index contributed by atoms with van der Waals surface area (Å²) in [4.78, 5) is 15.7. The molecule has 1 aliphatic rings. The molecule has 126 valence electrons. The van der Waals surface area contributed by atoms with E-state index in [0.717, 1.165) is 42.0 Å². The lowest BCUT2D eigenvalue weighted by molar-refractivity contribution is -0.892. The fraction of sp³-hybridized carbons (Fsp3) is 0.278. The average molecular weight is 393 g/mol. The van der Waals surface area contributed by atoms with E-state index in [1.54, 1.807) is 12.1 Å². The van der Waals surface area contributed by atoms with Gasteiger partial charge in [-0.05, 0) is 42.5 Å². The number of carbonyl (C=O) groups excluding carboxylic acids is 1. The van der Waals surface area contributed by atoms with Crippen LogP contribution in [0.25, 0.3) is 0 Å². The summed E-state index contributed by atoms with van der Waals surface area (Å²) in [6.07, 6.45) is 0. The van der Waals surface area contributed by atoms with Crippen LogP contribution in [0.3, 0.4) is 0 Å². The van der Waals surface area contributed by atoms with E-state index in [4.69, 9.17) is 0 Å². The summed E-state index contributed by atoms with van der Waals surface area (Å²) in [5.41, 5.74) is 1.84. The lowest BCUT2D eigenvalue weighted by Gasteiger charge is -2.33. The van der Waals surface area contributed by atoms with Gasteiger partial charge >= 0.3 is 0 Å². The third-order valence-electron chi connectivity index (χ3n) is 4.18. The first-order valence-electron chi connectivity index (χ1n) is 8.00. The van der Waals surface area contributed by atoms with Crippen molar-refractivity contribution < 1.29 is 14.1 Å². The molecule has 0 saturated carbocycles.